The number of ether oxygens (including phenoxy) is 1. The number of nitrogens with zero attached hydrogens (tertiary/aromatic N) is 2. The van der Waals surface area contributed by atoms with Crippen molar-refractivity contribution in [3.8, 4) is 17.6 Å². The molecule has 9 nitrogen and oxygen atoms in total. The van der Waals surface area contributed by atoms with Crippen LogP contribution >= 0.6 is 7.60 Å². The quantitative estimate of drug-likeness (QED) is 0.0467. The zero-order chi connectivity index (χ0) is 25.8. The van der Waals surface area contributed by atoms with Gasteiger partial charge in [-0.3, -0.25) is 4.57 Å². The molecule has 38 heavy (non-hydrogen) atoms. The van der Waals surface area contributed by atoms with Crippen molar-refractivity contribution in [3.05, 3.63) is 66.0 Å². The van der Waals surface area contributed by atoms with Crippen LogP contribution in [0.15, 0.2) is 59.4 Å². The molecule has 208 valence electrons. The number of methoxy groups -OCH3 is 1. The third-order valence-corrected chi connectivity index (χ3v) is 5.59. The average Bonchev–Trinajstić information content (AvgIpc) is 2.83. The van der Waals surface area contributed by atoms with E-state index >= 15 is 0 Å². The number of hydroxylamine groups is 2. The summed E-state index contributed by atoms with van der Waals surface area (Å²) in [7, 11) is -2.68. The van der Waals surface area contributed by atoms with Crippen LogP contribution in [0.5, 0.6) is 5.75 Å². The largest absolute Gasteiger partial charge is 2.00 e. The fourth-order valence-electron chi connectivity index (χ4n) is 2.57. The summed E-state index contributed by atoms with van der Waals surface area (Å²) < 4.78 is 22.4. The molecule has 2 aromatic rings. The number of nitrogens with one attached hydrogen (secondary N) is 1. The first-order chi connectivity index (χ1) is 16.1. The van der Waals surface area contributed by atoms with E-state index in [9.17, 15) is 19.9 Å². The molecule has 0 aromatic heterocycles. The molecule has 0 radical (unpaired) electrons. The number of aliphatic imine (C=N–C) groups is 1. The molecular weight excluding hydrogens is 554 g/mol. The molecule has 1 atom stereocenters. The van der Waals surface area contributed by atoms with Crippen LogP contribution in [0.2, 0.25) is 0 Å². The van der Waals surface area contributed by atoms with Crippen LogP contribution in [0.1, 0.15) is 40.2 Å². The van der Waals surface area contributed by atoms with E-state index in [0.717, 1.165) is 5.56 Å². The summed E-state index contributed by atoms with van der Waals surface area (Å²) >= 11 is 0. The zero-order valence-electron chi connectivity index (χ0n) is 22.1. The van der Waals surface area contributed by atoms with Crippen LogP contribution in [0.4, 0.5) is 5.69 Å². The van der Waals surface area contributed by atoms with Crippen molar-refractivity contribution in [1.29, 1.82) is 0 Å². The number of rotatable bonds is 8. The minimum Gasteiger partial charge on any atom is -1.00 e. The van der Waals surface area contributed by atoms with Gasteiger partial charge in [0.15, 0.2) is 0 Å². The Balaban J connectivity index is -0.000000940. The summed E-state index contributed by atoms with van der Waals surface area (Å²) in [5.41, 5.74) is 3.68. The number of benzene rings is 2. The third-order valence-electron chi connectivity index (χ3n) is 4.05. The van der Waals surface area contributed by atoms with Crippen molar-refractivity contribution in [2.75, 3.05) is 19.1 Å². The molecule has 0 spiro atoms. The molecule has 0 fully saturated rings. The van der Waals surface area contributed by atoms with E-state index in [1.165, 1.54) is 31.4 Å². The SMILES string of the molecule is C/C=C(\N=C(/C)C#Cc1c[c-]ccc1)[N+](O)(O)Nc1ccc(P(=O)(O)OCC)cc1OC.CC.[Ca+2].[F-].[F-].[F-]. The Kier molecular flexibility index (Phi) is 23.8. The number of allylic oxidation sites excluding steroid dienone is 1. The van der Waals surface area contributed by atoms with E-state index in [1.54, 1.807) is 32.9 Å². The second-order valence-electron chi connectivity index (χ2n) is 6.42. The summed E-state index contributed by atoms with van der Waals surface area (Å²) in [6.45, 7) is 8.86. The number of hydrogen-bond donors (Lipinski definition) is 4. The molecule has 14 heteroatoms. The predicted molar refractivity (Wildman–Crippen MR) is 138 cm³/mol. The van der Waals surface area contributed by atoms with Crippen LogP contribution in [-0.4, -0.2) is 77.4 Å². The molecule has 2 rings (SSSR count). The first-order valence-electron chi connectivity index (χ1n) is 10.6. The predicted octanol–water partition coefficient (Wildman–Crippen LogP) is -4.70. The molecule has 0 aliphatic carbocycles. The topological polar surface area (TPSA) is 121 Å². The smallest absolute Gasteiger partial charge is 1.00 e. The Hall–Kier alpha value is -1.91. The minimum atomic E-state index is -4.02. The van der Waals surface area contributed by atoms with E-state index in [1.807, 2.05) is 26.0 Å². The van der Waals surface area contributed by atoms with E-state index in [2.05, 4.69) is 28.3 Å². The summed E-state index contributed by atoms with van der Waals surface area (Å²) in [4.78, 5) is 12.4. The molecule has 0 bridgehead atoms. The van der Waals surface area contributed by atoms with Gasteiger partial charge in [0.05, 0.1) is 29.7 Å². The maximum absolute atomic E-state index is 12.2. The van der Waals surface area contributed by atoms with Crippen LogP contribution in [-0.2, 0) is 9.09 Å². The summed E-state index contributed by atoms with van der Waals surface area (Å²) in [5, 5.41) is 21.1. The molecular formula is C24H32CaF3N3O6P-. The van der Waals surface area contributed by atoms with Gasteiger partial charge in [0.1, 0.15) is 11.4 Å². The molecule has 0 saturated carbocycles. The Bertz CT molecular complexity index is 1130. The molecule has 2 aromatic carbocycles. The Morgan fingerprint density at radius 2 is 1.87 bits per heavy atom. The van der Waals surface area contributed by atoms with Crippen molar-refractivity contribution in [3.63, 3.8) is 0 Å². The monoisotopic (exact) mass is 586 g/mol. The molecule has 1 unspecified atom stereocenters. The summed E-state index contributed by atoms with van der Waals surface area (Å²) in [6.07, 6.45) is 1.40. The maximum Gasteiger partial charge on any atom is 2.00 e. The van der Waals surface area contributed by atoms with E-state index in [-0.39, 0.29) is 81.0 Å². The minimum absolute atomic E-state index is 0. The summed E-state index contributed by atoms with van der Waals surface area (Å²) in [6, 6.07) is 14.0. The number of quaternary nitrogens is 1. The van der Waals surface area contributed by atoms with Crippen molar-refractivity contribution < 1.29 is 48.2 Å². The molecule has 0 saturated heterocycles. The van der Waals surface area contributed by atoms with Crippen molar-refractivity contribution in [2.24, 2.45) is 4.99 Å². The Morgan fingerprint density at radius 1 is 1.24 bits per heavy atom. The third kappa shape index (κ3) is 13.2. The second-order valence-corrected chi connectivity index (χ2v) is 8.24. The van der Waals surface area contributed by atoms with Crippen LogP contribution < -0.4 is 29.6 Å². The van der Waals surface area contributed by atoms with Crippen LogP contribution in [0.25, 0.3) is 0 Å². The van der Waals surface area contributed by atoms with Gasteiger partial charge in [-0.05, 0) is 39.0 Å². The van der Waals surface area contributed by atoms with Crippen molar-refractivity contribution in [2.45, 2.75) is 34.6 Å². The van der Waals surface area contributed by atoms with Gasteiger partial charge < -0.3 is 28.3 Å². The molecule has 0 aliphatic heterocycles. The fraction of sp³-hybridized carbons (Fsp3) is 0.292. The zero-order valence-corrected chi connectivity index (χ0v) is 25.2. The van der Waals surface area contributed by atoms with Gasteiger partial charge in [0.2, 0.25) is 0 Å². The van der Waals surface area contributed by atoms with Crippen LogP contribution in [0.3, 0.4) is 0 Å². The Labute approximate surface area is 251 Å². The van der Waals surface area contributed by atoms with E-state index < -0.39 is 12.5 Å². The Morgan fingerprint density at radius 3 is 2.37 bits per heavy atom. The maximum atomic E-state index is 12.2. The molecule has 0 aliphatic rings. The second kappa shape index (κ2) is 21.0. The normalized spacial score (nSPS) is 12.1. The standard InChI is InChI=1S/C22H26N3O6P.C2H6.Ca.3FH/c1-5-22(23-17(3)12-13-18-10-8-7-9-11-18)25(26,27)24-20-15-14-19(16-21(20)30-4)32(28,29)31-6-2;1-2;;;;/h5,7-8,10-11,14-16,24,26-27H,6H2,1-4H3,(H,28,29);1-2H3;;3*1H/q;;+2;;;/p-3/b22-5+,23-17+;;;;;. The molecule has 0 amide bonds. The van der Waals surface area contributed by atoms with Gasteiger partial charge in [-0.2, -0.15) is 40.8 Å². The number of anilines is 1. The van der Waals surface area contributed by atoms with Gasteiger partial charge in [-0.15, -0.1) is 16.3 Å². The van der Waals surface area contributed by atoms with Gasteiger partial charge in [-0.1, -0.05) is 25.3 Å². The van der Waals surface area contributed by atoms with Gasteiger partial charge >= 0.3 is 51.2 Å². The van der Waals surface area contributed by atoms with E-state index in [4.69, 9.17) is 9.26 Å². The van der Waals surface area contributed by atoms with E-state index in [0.29, 0.717) is 5.71 Å². The van der Waals surface area contributed by atoms with Crippen LogP contribution in [0, 0.1) is 17.9 Å². The van der Waals surface area contributed by atoms with Gasteiger partial charge in [0.25, 0.3) is 0 Å². The first kappa shape index (κ1) is 43.2. The number of halogens is 3. The molecule has 0 heterocycles. The van der Waals surface area contributed by atoms with Crippen molar-refractivity contribution >= 4 is 62.0 Å². The molecule has 4 N–H and O–H groups in total. The van der Waals surface area contributed by atoms with Crippen molar-refractivity contribution in [1.82, 2.24) is 0 Å². The first-order valence-corrected chi connectivity index (χ1v) is 12.2. The average molecular weight is 587 g/mol. The number of hydrogen-bond acceptors (Lipinski definition) is 7. The van der Waals surface area contributed by atoms with Gasteiger partial charge in [-0.25, -0.2) is 0 Å². The van der Waals surface area contributed by atoms with Gasteiger partial charge in [0, 0.05) is 6.08 Å². The summed E-state index contributed by atoms with van der Waals surface area (Å²) in [5.74, 6) is 5.69. The fourth-order valence-corrected chi connectivity index (χ4v) is 3.61.